The van der Waals surface area contributed by atoms with Crippen molar-refractivity contribution in [1.82, 2.24) is 4.90 Å². The van der Waals surface area contributed by atoms with E-state index in [1.54, 1.807) is 24.1 Å². The van der Waals surface area contributed by atoms with Crippen molar-refractivity contribution in [2.45, 2.75) is 18.9 Å². The minimum Gasteiger partial charge on any atom is -0.496 e. The molecule has 1 heterocycles. The van der Waals surface area contributed by atoms with Gasteiger partial charge in [-0.15, -0.1) is 12.4 Å². The Bertz CT molecular complexity index is 525. The van der Waals surface area contributed by atoms with E-state index in [-0.39, 0.29) is 24.4 Å². The number of carbonyl (C=O) groups excluding carboxylic acids is 1. The highest BCUT2D eigenvalue weighted by atomic mass is 35.5. The molecule has 1 aliphatic heterocycles. The quantitative estimate of drug-likeness (QED) is 0.909. The SMILES string of the molecule is COc1cc(OC)c(C(=O)N2CCC[C@@H](N)C2)cc1OC.Cl. The van der Waals surface area contributed by atoms with Crippen LogP contribution in [0.1, 0.15) is 23.2 Å². The minimum atomic E-state index is -0.0945. The van der Waals surface area contributed by atoms with Crippen LogP contribution in [0.2, 0.25) is 0 Å². The van der Waals surface area contributed by atoms with Crippen molar-refractivity contribution >= 4 is 18.3 Å². The largest absolute Gasteiger partial charge is 0.496 e. The minimum absolute atomic E-state index is 0. The summed E-state index contributed by atoms with van der Waals surface area (Å²) >= 11 is 0. The predicted octanol–water partition coefficient (Wildman–Crippen LogP) is 1.70. The van der Waals surface area contributed by atoms with E-state index >= 15 is 0 Å². The monoisotopic (exact) mass is 330 g/mol. The maximum absolute atomic E-state index is 12.7. The van der Waals surface area contributed by atoms with E-state index in [4.69, 9.17) is 19.9 Å². The topological polar surface area (TPSA) is 74.0 Å². The second kappa shape index (κ2) is 8.10. The standard InChI is InChI=1S/C15H22N2O4.ClH/c1-19-12-8-14(21-3)13(20-2)7-11(12)15(18)17-6-4-5-10(16)9-17;/h7-8,10H,4-6,9,16H2,1-3H3;1H/t10-;/m1./s1. The van der Waals surface area contributed by atoms with Crippen molar-refractivity contribution in [2.75, 3.05) is 34.4 Å². The number of piperidine rings is 1. The number of rotatable bonds is 4. The molecule has 0 saturated carbocycles. The number of nitrogens with two attached hydrogens (primary N) is 1. The zero-order valence-electron chi connectivity index (χ0n) is 13.1. The van der Waals surface area contributed by atoms with Gasteiger partial charge < -0.3 is 24.8 Å². The molecule has 0 spiro atoms. The molecule has 7 heteroatoms. The number of hydrogen-bond acceptors (Lipinski definition) is 5. The van der Waals surface area contributed by atoms with Crippen molar-refractivity contribution in [3.8, 4) is 17.2 Å². The van der Waals surface area contributed by atoms with Crippen molar-refractivity contribution in [3.05, 3.63) is 17.7 Å². The van der Waals surface area contributed by atoms with Crippen LogP contribution in [0.5, 0.6) is 17.2 Å². The molecule has 1 fully saturated rings. The number of benzene rings is 1. The molecule has 2 N–H and O–H groups in total. The highest BCUT2D eigenvalue weighted by Gasteiger charge is 2.26. The lowest BCUT2D eigenvalue weighted by atomic mass is 10.0. The van der Waals surface area contributed by atoms with E-state index in [0.717, 1.165) is 12.8 Å². The number of nitrogens with zero attached hydrogens (tertiary/aromatic N) is 1. The number of amides is 1. The van der Waals surface area contributed by atoms with Crippen LogP contribution in [0.4, 0.5) is 0 Å². The molecule has 22 heavy (non-hydrogen) atoms. The van der Waals surface area contributed by atoms with Crippen molar-refractivity contribution in [1.29, 1.82) is 0 Å². The van der Waals surface area contributed by atoms with Gasteiger partial charge in [-0.1, -0.05) is 0 Å². The Morgan fingerprint density at radius 3 is 2.27 bits per heavy atom. The molecule has 2 rings (SSSR count). The molecule has 6 nitrogen and oxygen atoms in total. The third-order valence-electron chi connectivity index (χ3n) is 3.68. The van der Waals surface area contributed by atoms with Gasteiger partial charge in [-0.3, -0.25) is 4.79 Å². The Hall–Kier alpha value is -1.66. The first-order chi connectivity index (χ1) is 10.1. The highest BCUT2D eigenvalue weighted by molar-refractivity contribution is 5.98. The van der Waals surface area contributed by atoms with Crippen LogP contribution >= 0.6 is 12.4 Å². The molecule has 1 aromatic rings. The Labute approximate surface area is 136 Å². The lowest BCUT2D eigenvalue weighted by molar-refractivity contribution is 0.0705. The fourth-order valence-corrected chi connectivity index (χ4v) is 2.56. The van der Waals surface area contributed by atoms with Crippen LogP contribution in [-0.4, -0.2) is 51.3 Å². The summed E-state index contributed by atoms with van der Waals surface area (Å²) in [7, 11) is 4.61. The summed E-state index contributed by atoms with van der Waals surface area (Å²) in [5, 5.41) is 0. The first-order valence-electron chi connectivity index (χ1n) is 6.95. The van der Waals surface area contributed by atoms with Gasteiger partial charge in [-0.25, -0.2) is 0 Å². The maximum Gasteiger partial charge on any atom is 0.257 e. The Balaban J connectivity index is 0.00000242. The van der Waals surface area contributed by atoms with Crippen LogP contribution in [0.25, 0.3) is 0 Å². The summed E-state index contributed by atoms with van der Waals surface area (Å²) in [6.07, 6.45) is 1.87. The number of methoxy groups -OCH3 is 3. The number of likely N-dealkylation sites (tertiary alicyclic amines) is 1. The predicted molar refractivity (Wildman–Crippen MR) is 86.5 cm³/mol. The van der Waals surface area contributed by atoms with Gasteiger partial charge in [0.1, 0.15) is 5.75 Å². The third-order valence-corrected chi connectivity index (χ3v) is 3.68. The molecule has 0 unspecified atom stereocenters. The molecule has 0 radical (unpaired) electrons. The average molecular weight is 331 g/mol. The van der Waals surface area contributed by atoms with E-state index in [0.29, 0.717) is 35.9 Å². The highest BCUT2D eigenvalue weighted by Crippen LogP contribution is 2.35. The summed E-state index contributed by atoms with van der Waals surface area (Å²) in [5.41, 5.74) is 6.41. The number of ether oxygens (including phenoxy) is 3. The lowest BCUT2D eigenvalue weighted by Gasteiger charge is -2.31. The van der Waals surface area contributed by atoms with Gasteiger partial charge in [0.05, 0.1) is 26.9 Å². The van der Waals surface area contributed by atoms with E-state index < -0.39 is 0 Å². The van der Waals surface area contributed by atoms with Crippen molar-refractivity contribution in [3.63, 3.8) is 0 Å². The first kappa shape index (κ1) is 18.4. The number of hydrogen-bond donors (Lipinski definition) is 1. The van der Waals surface area contributed by atoms with Gasteiger partial charge >= 0.3 is 0 Å². The molecule has 0 bridgehead atoms. The molecule has 1 amide bonds. The molecule has 0 aromatic heterocycles. The Kier molecular flexibility index (Phi) is 6.77. The second-order valence-electron chi connectivity index (χ2n) is 5.06. The van der Waals surface area contributed by atoms with E-state index in [1.165, 1.54) is 14.2 Å². The summed E-state index contributed by atoms with van der Waals surface area (Å²) in [6.45, 7) is 1.28. The van der Waals surface area contributed by atoms with Crippen LogP contribution in [0.15, 0.2) is 12.1 Å². The average Bonchev–Trinajstić information content (AvgIpc) is 2.52. The molecular weight excluding hydrogens is 308 g/mol. The van der Waals surface area contributed by atoms with E-state index in [2.05, 4.69) is 0 Å². The molecule has 1 aromatic carbocycles. The first-order valence-corrected chi connectivity index (χ1v) is 6.95. The van der Waals surface area contributed by atoms with Crippen LogP contribution in [0, 0.1) is 0 Å². The molecule has 0 aliphatic carbocycles. The summed E-state index contributed by atoms with van der Waals surface area (Å²) in [4.78, 5) is 14.4. The fraction of sp³-hybridized carbons (Fsp3) is 0.533. The van der Waals surface area contributed by atoms with Crippen molar-refractivity contribution < 1.29 is 19.0 Å². The molecule has 1 atom stereocenters. The molecular formula is C15H23ClN2O4. The zero-order chi connectivity index (χ0) is 15.4. The molecule has 124 valence electrons. The number of halogens is 1. The van der Waals surface area contributed by atoms with E-state index in [9.17, 15) is 4.79 Å². The van der Waals surface area contributed by atoms with Gasteiger partial charge in [0.25, 0.3) is 5.91 Å². The fourth-order valence-electron chi connectivity index (χ4n) is 2.56. The second-order valence-corrected chi connectivity index (χ2v) is 5.06. The van der Waals surface area contributed by atoms with Crippen LogP contribution in [-0.2, 0) is 0 Å². The van der Waals surface area contributed by atoms with E-state index in [1.807, 2.05) is 0 Å². The van der Waals surface area contributed by atoms with Crippen LogP contribution < -0.4 is 19.9 Å². The lowest BCUT2D eigenvalue weighted by Crippen LogP contribution is -2.45. The Morgan fingerprint density at radius 1 is 1.14 bits per heavy atom. The third kappa shape index (κ3) is 3.75. The van der Waals surface area contributed by atoms with Gasteiger partial charge in [0.2, 0.25) is 0 Å². The summed E-state index contributed by atoms with van der Waals surface area (Å²) in [6, 6.07) is 3.35. The molecule has 1 saturated heterocycles. The number of carbonyl (C=O) groups is 1. The maximum atomic E-state index is 12.7. The van der Waals surface area contributed by atoms with Crippen molar-refractivity contribution in [2.24, 2.45) is 5.73 Å². The van der Waals surface area contributed by atoms with Gasteiger partial charge in [0, 0.05) is 31.3 Å². The smallest absolute Gasteiger partial charge is 0.257 e. The van der Waals surface area contributed by atoms with Gasteiger partial charge in [-0.05, 0) is 12.8 Å². The Morgan fingerprint density at radius 2 is 1.73 bits per heavy atom. The van der Waals surface area contributed by atoms with Crippen LogP contribution in [0.3, 0.4) is 0 Å². The summed E-state index contributed by atoms with van der Waals surface area (Å²) < 4.78 is 15.8. The summed E-state index contributed by atoms with van der Waals surface area (Å²) in [5.74, 6) is 1.41. The molecule has 1 aliphatic rings. The normalized spacial score (nSPS) is 17.5. The zero-order valence-corrected chi connectivity index (χ0v) is 13.9. The van der Waals surface area contributed by atoms with Gasteiger partial charge in [-0.2, -0.15) is 0 Å². The van der Waals surface area contributed by atoms with Gasteiger partial charge in [0.15, 0.2) is 11.5 Å².